The number of nitro groups is 1. The van der Waals surface area contributed by atoms with Crippen molar-refractivity contribution in [1.29, 1.82) is 0 Å². The Morgan fingerprint density at radius 2 is 2.04 bits per heavy atom. The normalized spacial score (nSPS) is 10.5. The molecule has 8 heteroatoms. The number of nitrogens with two attached hydrogens (primary N) is 1. The monoisotopic (exact) mass is 357 g/mol. The fourth-order valence-electron chi connectivity index (χ4n) is 2.14. The standard InChI is InChI=1S/C18H19N3O5/c1-25-15-10-14(17(19)16(11-15)21(23)24)8-5-9-20-18(22)26-12-13-6-3-2-4-7-13/h2-8,10-11H,9,12,19H2,1H3,(H,20,22). The molecule has 8 nitrogen and oxygen atoms in total. The smallest absolute Gasteiger partial charge is 0.407 e. The molecule has 26 heavy (non-hydrogen) atoms. The maximum absolute atomic E-state index is 11.6. The van der Waals surface area contributed by atoms with Crippen LogP contribution >= 0.6 is 0 Å². The average Bonchev–Trinajstić information content (AvgIpc) is 2.65. The fourth-order valence-corrected chi connectivity index (χ4v) is 2.14. The van der Waals surface area contributed by atoms with E-state index in [4.69, 9.17) is 15.2 Å². The summed E-state index contributed by atoms with van der Waals surface area (Å²) in [6, 6.07) is 12.1. The van der Waals surface area contributed by atoms with Crippen LogP contribution in [0.5, 0.6) is 5.75 Å². The highest BCUT2D eigenvalue weighted by Crippen LogP contribution is 2.31. The summed E-state index contributed by atoms with van der Waals surface area (Å²) < 4.78 is 10.1. The van der Waals surface area contributed by atoms with Crippen molar-refractivity contribution in [2.75, 3.05) is 19.4 Å². The van der Waals surface area contributed by atoms with E-state index in [-0.39, 0.29) is 24.5 Å². The molecular weight excluding hydrogens is 338 g/mol. The summed E-state index contributed by atoms with van der Waals surface area (Å²) in [4.78, 5) is 22.1. The molecule has 2 aromatic carbocycles. The Hall–Kier alpha value is -3.55. The minimum absolute atomic E-state index is 0.0266. The molecule has 0 saturated heterocycles. The maximum atomic E-state index is 11.6. The van der Waals surface area contributed by atoms with Gasteiger partial charge >= 0.3 is 6.09 Å². The zero-order chi connectivity index (χ0) is 18.9. The third-order valence-electron chi connectivity index (χ3n) is 3.47. The number of carbonyl (C=O) groups is 1. The van der Waals surface area contributed by atoms with Crippen LogP contribution in [0.2, 0.25) is 0 Å². The molecule has 0 radical (unpaired) electrons. The Balaban J connectivity index is 1.91. The molecule has 0 heterocycles. The van der Waals surface area contributed by atoms with Crippen LogP contribution in [0.15, 0.2) is 48.5 Å². The van der Waals surface area contributed by atoms with E-state index >= 15 is 0 Å². The number of alkyl carbamates (subject to hydrolysis) is 1. The van der Waals surface area contributed by atoms with E-state index in [0.29, 0.717) is 11.3 Å². The first-order valence-corrected chi connectivity index (χ1v) is 7.74. The molecule has 0 aliphatic rings. The van der Waals surface area contributed by atoms with Crippen LogP contribution in [0.1, 0.15) is 11.1 Å². The lowest BCUT2D eigenvalue weighted by Crippen LogP contribution is -2.24. The SMILES string of the molecule is COc1cc(C=CCNC(=O)OCc2ccccc2)c(N)c([N+](=O)[O-])c1. The molecule has 136 valence electrons. The minimum atomic E-state index is -0.575. The van der Waals surface area contributed by atoms with Crippen molar-refractivity contribution in [3.8, 4) is 5.75 Å². The number of nitrogen functional groups attached to an aromatic ring is 1. The molecule has 2 rings (SSSR count). The molecular formula is C18H19N3O5. The number of nitro benzene ring substituents is 1. The number of anilines is 1. The Morgan fingerprint density at radius 3 is 2.69 bits per heavy atom. The van der Waals surface area contributed by atoms with Crippen molar-refractivity contribution >= 4 is 23.5 Å². The lowest BCUT2D eigenvalue weighted by molar-refractivity contribution is -0.384. The predicted molar refractivity (Wildman–Crippen MR) is 97.7 cm³/mol. The van der Waals surface area contributed by atoms with Crippen molar-refractivity contribution in [2.24, 2.45) is 0 Å². The van der Waals surface area contributed by atoms with Gasteiger partial charge in [-0.3, -0.25) is 10.1 Å². The highest BCUT2D eigenvalue weighted by molar-refractivity contribution is 5.75. The van der Waals surface area contributed by atoms with Gasteiger partial charge in [-0.05, 0) is 11.6 Å². The Bertz CT molecular complexity index is 806. The summed E-state index contributed by atoms with van der Waals surface area (Å²) in [6.07, 6.45) is 2.61. The number of ether oxygens (including phenoxy) is 2. The van der Waals surface area contributed by atoms with Crippen LogP contribution in [0.3, 0.4) is 0 Å². The van der Waals surface area contributed by atoms with E-state index in [1.165, 1.54) is 13.2 Å². The Labute approximate surface area is 150 Å². The maximum Gasteiger partial charge on any atom is 0.407 e. The summed E-state index contributed by atoms with van der Waals surface area (Å²) in [7, 11) is 1.41. The summed E-state index contributed by atoms with van der Waals surface area (Å²) in [5, 5.41) is 13.6. The molecule has 0 saturated carbocycles. The van der Waals surface area contributed by atoms with Gasteiger partial charge < -0.3 is 20.5 Å². The predicted octanol–water partition coefficient (Wildman–Crippen LogP) is 3.13. The van der Waals surface area contributed by atoms with Crippen LogP contribution in [0.4, 0.5) is 16.2 Å². The number of nitrogens with zero attached hydrogens (tertiary/aromatic N) is 1. The topological polar surface area (TPSA) is 117 Å². The van der Waals surface area contributed by atoms with Gasteiger partial charge in [0, 0.05) is 12.1 Å². The molecule has 1 amide bonds. The molecule has 0 atom stereocenters. The van der Waals surface area contributed by atoms with Crippen LogP contribution in [0, 0.1) is 10.1 Å². The molecule has 0 bridgehead atoms. The van der Waals surface area contributed by atoms with Gasteiger partial charge in [-0.15, -0.1) is 0 Å². The van der Waals surface area contributed by atoms with Crippen molar-refractivity contribution in [1.82, 2.24) is 5.32 Å². The molecule has 0 aromatic heterocycles. The number of nitrogens with one attached hydrogen (secondary N) is 1. The highest BCUT2D eigenvalue weighted by Gasteiger charge is 2.16. The van der Waals surface area contributed by atoms with Crippen molar-refractivity contribution in [2.45, 2.75) is 6.61 Å². The van der Waals surface area contributed by atoms with Gasteiger partial charge in [0.05, 0.1) is 18.1 Å². The lowest BCUT2D eigenvalue weighted by atomic mass is 10.1. The number of carbonyl (C=O) groups excluding carboxylic acids is 1. The van der Waals surface area contributed by atoms with Gasteiger partial charge in [0.15, 0.2) is 0 Å². The number of rotatable bonds is 7. The van der Waals surface area contributed by atoms with Crippen molar-refractivity contribution < 1.29 is 19.2 Å². The number of hydrogen-bond acceptors (Lipinski definition) is 6. The first kappa shape index (κ1) is 18.8. The highest BCUT2D eigenvalue weighted by atomic mass is 16.6. The summed E-state index contributed by atoms with van der Waals surface area (Å²) in [6.45, 7) is 0.351. The van der Waals surface area contributed by atoms with Gasteiger partial charge in [-0.2, -0.15) is 0 Å². The van der Waals surface area contributed by atoms with Crippen molar-refractivity contribution in [3.05, 3.63) is 69.8 Å². The van der Waals surface area contributed by atoms with Gasteiger partial charge in [-0.1, -0.05) is 42.5 Å². The first-order valence-electron chi connectivity index (χ1n) is 7.74. The van der Waals surface area contributed by atoms with Crippen molar-refractivity contribution in [3.63, 3.8) is 0 Å². The van der Waals surface area contributed by atoms with E-state index in [1.54, 1.807) is 18.2 Å². The third kappa shape index (κ3) is 5.23. The van der Waals surface area contributed by atoms with Crippen LogP contribution in [0.25, 0.3) is 6.08 Å². The van der Waals surface area contributed by atoms with Crippen LogP contribution in [-0.2, 0) is 11.3 Å². The molecule has 0 fully saturated rings. The number of amides is 1. The first-order chi connectivity index (χ1) is 12.5. The van der Waals surface area contributed by atoms with E-state index in [9.17, 15) is 14.9 Å². The van der Waals surface area contributed by atoms with E-state index in [0.717, 1.165) is 5.56 Å². The summed E-state index contributed by atoms with van der Waals surface area (Å²) >= 11 is 0. The number of benzene rings is 2. The largest absolute Gasteiger partial charge is 0.496 e. The molecule has 0 aliphatic heterocycles. The molecule has 2 aromatic rings. The second-order valence-electron chi connectivity index (χ2n) is 5.25. The van der Waals surface area contributed by atoms with Gasteiger partial charge in [0.2, 0.25) is 0 Å². The van der Waals surface area contributed by atoms with Gasteiger partial charge in [0.1, 0.15) is 18.0 Å². The zero-order valence-corrected chi connectivity index (χ0v) is 14.2. The third-order valence-corrected chi connectivity index (χ3v) is 3.47. The average molecular weight is 357 g/mol. The molecule has 3 N–H and O–H groups in total. The molecule has 0 aliphatic carbocycles. The van der Waals surface area contributed by atoms with E-state index in [2.05, 4.69) is 5.32 Å². The Kier molecular flexibility index (Phi) is 6.55. The fraction of sp³-hybridized carbons (Fsp3) is 0.167. The summed E-state index contributed by atoms with van der Waals surface area (Å²) in [5.74, 6) is 0.320. The van der Waals surface area contributed by atoms with Gasteiger partial charge in [-0.25, -0.2) is 4.79 Å². The molecule has 0 spiro atoms. The van der Waals surface area contributed by atoms with Crippen LogP contribution < -0.4 is 15.8 Å². The van der Waals surface area contributed by atoms with E-state index < -0.39 is 11.0 Å². The number of hydrogen-bond donors (Lipinski definition) is 2. The van der Waals surface area contributed by atoms with E-state index in [1.807, 2.05) is 30.3 Å². The lowest BCUT2D eigenvalue weighted by Gasteiger charge is -2.07. The quantitative estimate of drug-likeness (QED) is 0.447. The second-order valence-corrected chi connectivity index (χ2v) is 5.25. The van der Waals surface area contributed by atoms with Gasteiger partial charge in [0.25, 0.3) is 5.69 Å². The minimum Gasteiger partial charge on any atom is -0.496 e. The Morgan fingerprint density at radius 1 is 1.31 bits per heavy atom. The zero-order valence-electron chi connectivity index (χ0n) is 14.2. The second kappa shape index (κ2) is 9.07. The summed E-state index contributed by atoms with van der Waals surface area (Å²) in [5.41, 5.74) is 6.90. The number of methoxy groups -OCH3 is 1. The van der Waals surface area contributed by atoms with Crippen LogP contribution in [-0.4, -0.2) is 24.7 Å². The molecule has 0 unspecified atom stereocenters.